The van der Waals surface area contributed by atoms with Crippen LogP contribution in [0.25, 0.3) is 10.9 Å². The van der Waals surface area contributed by atoms with Gasteiger partial charge in [-0.15, -0.1) is 0 Å². The highest BCUT2D eigenvalue weighted by atomic mass is 16.3. The van der Waals surface area contributed by atoms with Crippen LogP contribution in [0, 0.1) is 13.8 Å². The number of aliphatic hydroxyl groups excluding tert-OH is 1. The van der Waals surface area contributed by atoms with E-state index < -0.39 is 6.10 Å². The number of pyridine rings is 1. The van der Waals surface area contributed by atoms with E-state index in [-0.39, 0.29) is 0 Å². The lowest BCUT2D eigenvalue weighted by atomic mass is 10.1. The minimum absolute atomic E-state index is 0.464. The third-order valence-electron chi connectivity index (χ3n) is 5.05. The molecule has 1 aromatic carbocycles. The SMILES string of the molecule is Cc1cc(C)n(CC(O)CN(Cc2ccco2)Cc2ccnc3ccccc23)n1. The lowest BCUT2D eigenvalue weighted by molar-refractivity contribution is 0.0841. The number of para-hydroxylation sites is 1. The molecule has 1 N–H and O–H groups in total. The van der Waals surface area contributed by atoms with Crippen molar-refractivity contribution in [3.8, 4) is 0 Å². The van der Waals surface area contributed by atoms with Crippen molar-refractivity contribution in [3.63, 3.8) is 0 Å². The van der Waals surface area contributed by atoms with E-state index >= 15 is 0 Å². The molecule has 0 amide bonds. The molecule has 4 aromatic rings. The number of hydrogen-bond acceptors (Lipinski definition) is 5. The normalized spacial score (nSPS) is 12.7. The Morgan fingerprint density at radius 1 is 1.10 bits per heavy atom. The summed E-state index contributed by atoms with van der Waals surface area (Å²) in [6.07, 6.45) is 2.98. The molecular formula is C23H26N4O2. The molecule has 0 saturated carbocycles. The first kappa shape index (κ1) is 19.4. The smallest absolute Gasteiger partial charge is 0.117 e. The Hall–Kier alpha value is -2.96. The highest BCUT2D eigenvalue weighted by Crippen LogP contribution is 2.19. The number of aromatic nitrogens is 3. The summed E-state index contributed by atoms with van der Waals surface area (Å²) in [6, 6.07) is 16.1. The highest BCUT2D eigenvalue weighted by Gasteiger charge is 2.17. The van der Waals surface area contributed by atoms with Crippen LogP contribution in [0.4, 0.5) is 0 Å². The Morgan fingerprint density at radius 2 is 1.97 bits per heavy atom. The quantitative estimate of drug-likeness (QED) is 0.497. The van der Waals surface area contributed by atoms with Crippen LogP contribution in [-0.2, 0) is 19.6 Å². The predicted octanol–water partition coefficient (Wildman–Crippen LogP) is 3.70. The number of aryl methyl sites for hydroxylation is 2. The summed E-state index contributed by atoms with van der Waals surface area (Å²) in [5, 5.41) is 16.4. The molecule has 3 heterocycles. The minimum Gasteiger partial charge on any atom is -0.468 e. The molecule has 0 spiro atoms. The molecule has 0 fully saturated rings. The zero-order valence-corrected chi connectivity index (χ0v) is 16.8. The molecule has 0 saturated heterocycles. The van der Waals surface area contributed by atoms with Gasteiger partial charge in [-0.2, -0.15) is 5.10 Å². The zero-order valence-electron chi connectivity index (χ0n) is 16.8. The van der Waals surface area contributed by atoms with E-state index in [0.717, 1.165) is 28.1 Å². The Kier molecular flexibility index (Phi) is 5.74. The summed E-state index contributed by atoms with van der Waals surface area (Å²) in [5.74, 6) is 0.877. The van der Waals surface area contributed by atoms with Crippen molar-refractivity contribution in [1.82, 2.24) is 19.7 Å². The fourth-order valence-corrected chi connectivity index (χ4v) is 3.76. The molecular weight excluding hydrogens is 364 g/mol. The van der Waals surface area contributed by atoms with Crippen molar-refractivity contribution >= 4 is 10.9 Å². The monoisotopic (exact) mass is 390 g/mol. The van der Waals surface area contributed by atoms with E-state index in [1.165, 1.54) is 5.56 Å². The van der Waals surface area contributed by atoms with Crippen LogP contribution in [0.1, 0.15) is 22.7 Å². The van der Waals surface area contributed by atoms with E-state index in [4.69, 9.17) is 4.42 Å². The average molecular weight is 390 g/mol. The first-order valence-electron chi connectivity index (χ1n) is 9.85. The summed E-state index contributed by atoms with van der Waals surface area (Å²) < 4.78 is 7.43. The van der Waals surface area contributed by atoms with Crippen molar-refractivity contribution in [3.05, 3.63) is 83.7 Å². The maximum absolute atomic E-state index is 10.8. The van der Waals surface area contributed by atoms with Gasteiger partial charge in [-0.1, -0.05) is 18.2 Å². The van der Waals surface area contributed by atoms with E-state index in [1.807, 2.05) is 67.2 Å². The third-order valence-corrected chi connectivity index (χ3v) is 5.05. The van der Waals surface area contributed by atoms with Crippen molar-refractivity contribution in [2.45, 2.75) is 39.6 Å². The van der Waals surface area contributed by atoms with Crippen LogP contribution >= 0.6 is 0 Å². The van der Waals surface area contributed by atoms with Crippen LogP contribution in [0.5, 0.6) is 0 Å². The molecule has 0 aliphatic rings. The fraction of sp³-hybridized carbons (Fsp3) is 0.304. The topological polar surface area (TPSA) is 67.3 Å². The van der Waals surface area contributed by atoms with Crippen LogP contribution in [0.3, 0.4) is 0 Å². The second-order valence-corrected chi connectivity index (χ2v) is 7.50. The lowest BCUT2D eigenvalue weighted by Crippen LogP contribution is -2.34. The van der Waals surface area contributed by atoms with Crippen LogP contribution in [0.15, 0.2) is 65.4 Å². The molecule has 29 heavy (non-hydrogen) atoms. The summed E-state index contributed by atoms with van der Waals surface area (Å²) in [6.45, 7) is 6.26. The van der Waals surface area contributed by atoms with Crippen LogP contribution < -0.4 is 0 Å². The van der Waals surface area contributed by atoms with Crippen molar-refractivity contribution < 1.29 is 9.52 Å². The molecule has 4 rings (SSSR count). The Morgan fingerprint density at radius 3 is 2.72 bits per heavy atom. The second-order valence-electron chi connectivity index (χ2n) is 7.50. The molecule has 0 aliphatic heterocycles. The summed E-state index contributed by atoms with van der Waals surface area (Å²) in [4.78, 5) is 6.66. The van der Waals surface area contributed by atoms with Crippen molar-refractivity contribution in [2.75, 3.05) is 6.54 Å². The summed E-state index contributed by atoms with van der Waals surface area (Å²) in [7, 11) is 0. The largest absolute Gasteiger partial charge is 0.468 e. The number of fused-ring (bicyclic) bond motifs is 1. The average Bonchev–Trinajstić information content (AvgIpc) is 3.31. The van der Waals surface area contributed by atoms with Gasteiger partial charge < -0.3 is 9.52 Å². The number of hydrogen-bond donors (Lipinski definition) is 1. The number of aliphatic hydroxyl groups is 1. The second kappa shape index (κ2) is 8.59. The van der Waals surface area contributed by atoms with Crippen LogP contribution in [0.2, 0.25) is 0 Å². The number of nitrogens with zero attached hydrogens (tertiary/aromatic N) is 4. The molecule has 6 nitrogen and oxygen atoms in total. The van der Waals surface area contributed by atoms with Gasteiger partial charge in [-0.3, -0.25) is 14.6 Å². The molecule has 3 aromatic heterocycles. The number of benzene rings is 1. The zero-order chi connectivity index (χ0) is 20.2. The van der Waals surface area contributed by atoms with E-state index in [2.05, 4.69) is 21.0 Å². The van der Waals surface area contributed by atoms with Gasteiger partial charge in [0.15, 0.2) is 0 Å². The third kappa shape index (κ3) is 4.72. The Bertz CT molecular complexity index is 1070. The Labute approximate surface area is 170 Å². The predicted molar refractivity (Wildman–Crippen MR) is 112 cm³/mol. The van der Waals surface area contributed by atoms with Crippen LogP contribution in [-0.4, -0.2) is 37.4 Å². The van der Waals surface area contributed by atoms with Crippen molar-refractivity contribution in [2.24, 2.45) is 0 Å². The summed E-state index contributed by atoms with van der Waals surface area (Å²) in [5.41, 5.74) is 4.18. The fourth-order valence-electron chi connectivity index (χ4n) is 3.76. The molecule has 1 atom stereocenters. The van der Waals surface area contributed by atoms with Gasteiger partial charge in [0.25, 0.3) is 0 Å². The standard InChI is InChI=1S/C23H26N4O2/c1-17-12-18(2)27(25-17)15-20(28)14-26(16-21-6-5-11-29-21)13-19-9-10-24-23-8-4-3-7-22(19)23/h3-12,20,28H,13-16H2,1-2H3. The van der Waals surface area contributed by atoms with E-state index in [1.54, 1.807) is 6.26 Å². The molecule has 0 radical (unpaired) electrons. The van der Waals surface area contributed by atoms with Gasteiger partial charge in [0.05, 0.1) is 36.7 Å². The molecule has 1 unspecified atom stereocenters. The maximum Gasteiger partial charge on any atom is 0.117 e. The highest BCUT2D eigenvalue weighted by molar-refractivity contribution is 5.81. The molecule has 0 bridgehead atoms. The molecule has 6 heteroatoms. The minimum atomic E-state index is -0.545. The first-order valence-corrected chi connectivity index (χ1v) is 9.85. The van der Waals surface area contributed by atoms with Gasteiger partial charge in [0.2, 0.25) is 0 Å². The van der Waals surface area contributed by atoms with Crippen molar-refractivity contribution in [1.29, 1.82) is 0 Å². The maximum atomic E-state index is 10.8. The molecule has 150 valence electrons. The summed E-state index contributed by atoms with van der Waals surface area (Å²) >= 11 is 0. The van der Waals surface area contributed by atoms with Gasteiger partial charge in [0, 0.05) is 30.4 Å². The number of furan rings is 1. The number of rotatable bonds is 8. The van der Waals surface area contributed by atoms with E-state index in [9.17, 15) is 5.11 Å². The first-order chi connectivity index (χ1) is 14.1. The van der Waals surface area contributed by atoms with Gasteiger partial charge in [-0.05, 0) is 49.7 Å². The Balaban J connectivity index is 1.53. The van der Waals surface area contributed by atoms with Gasteiger partial charge in [0.1, 0.15) is 5.76 Å². The van der Waals surface area contributed by atoms with E-state index in [0.29, 0.717) is 26.2 Å². The lowest BCUT2D eigenvalue weighted by Gasteiger charge is -2.25. The van der Waals surface area contributed by atoms with Gasteiger partial charge >= 0.3 is 0 Å². The molecule has 0 aliphatic carbocycles. The van der Waals surface area contributed by atoms with Gasteiger partial charge in [-0.25, -0.2) is 0 Å².